The highest BCUT2D eigenvalue weighted by atomic mass is 32.2. The number of amides is 1. The van der Waals surface area contributed by atoms with E-state index in [1.807, 2.05) is 28.5 Å². The van der Waals surface area contributed by atoms with Crippen LogP contribution in [0, 0.1) is 5.92 Å². The molecule has 2 aromatic carbocycles. The number of thiazole rings is 1. The molecule has 1 amide bonds. The number of ether oxygens (including phenoxy) is 2. The number of carbonyl (C=O) groups is 1. The zero-order chi connectivity index (χ0) is 23.3. The van der Waals surface area contributed by atoms with E-state index in [-0.39, 0.29) is 23.5 Å². The summed E-state index contributed by atoms with van der Waals surface area (Å²) in [5.41, 5.74) is 2.28. The maximum absolute atomic E-state index is 12.9. The summed E-state index contributed by atoms with van der Waals surface area (Å²) in [6.45, 7) is 1.33. The lowest BCUT2D eigenvalue weighted by Crippen LogP contribution is -2.41. The van der Waals surface area contributed by atoms with E-state index >= 15 is 0 Å². The molecule has 0 bridgehead atoms. The van der Waals surface area contributed by atoms with Crippen molar-refractivity contribution in [3.05, 3.63) is 53.4 Å². The van der Waals surface area contributed by atoms with Crippen molar-refractivity contribution in [2.24, 2.45) is 10.3 Å². The molecule has 11 heteroatoms. The Morgan fingerprint density at radius 3 is 2.74 bits per heavy atom. The van der Waals surface area contributed by atoms with Crippen LogP contribution in [0.15, 0.2) is 57.1 Å². The summed E-state index contributed by atoms with van der Waals surface area (Å²) in [6, 6.07) is 12.5. The molecule has 1 saturated heterocycles. The van der Waals surface area contributed by atoms with Crippen molar-refractivity contribution in [3.63, 3.8) is 0 Å². The largest absolute Gasteiger partial charge is 0.454 e. The molecule has 3 aromatic rings. The Morgan fingerprint density at radius 2 is 1.88 bits per heavy atom. The molecular formula is C23H20N4O5S2. The van der Waals surface area contributed by atoms with Crippen molar-refractivity contribution in [2.45, 2.75) is 17.7 Å². The van der Waals surface area contributed by atoms with Gasteiger partial charge in [-0.2, -0.15) is 8.42 Å². The second-order valence-corrected chi connectivity index (χ2v) is 10.7. The maximum atomic E-state index is 12.9. The molecule has 4 heterocycles. The zero-order valence-corrected chi connectivity index (χ0v) is 19.6. The quantitative estimate of drug-likeness (QED) is 0.592. The van der Waals surface area contributed by atoms with Crippen molar-refractivity contribution in [3.8, 4) is 22.8 Å². The van der Waals surface area contributed by atoms with Gasteiger partial charge in [0.05, 0.1) is 5.69 Å². The molecule has 3 aliphatic heterocycles. The Bertz CT molecular complexity index is 1420. The lowest BCUT2D eigenvalue weighted by molar-refractivity contribution is -0.120. The molecule has 9 nitrogen and oxygen atoms in total. The first-order valence-corrected chi connectivity index (χ1v) is 13.2. The van der Waals surface area contributed by atoms with Crippen LogP contribution in [-0.2, 0) is 14.8 Å². The highest BCUT2D eigenvalue weighted by Gasteiger charge is 2.34. The molecule has 1 fully saturated rings. The standard InChI is InChI=1S/C23H20N4O5S2/c28-22(25-23-24-17(12-33-23)15-5-6-18-19(11-15)32-13-31-18)14-7-9-27(10-8-14)21-16-3-1-2-4-20(16)34(29,30)26-21/h1-6,11-12,14H,7-10,13H2,(H,24,25,28). The van der Waals surface area contributed by atoms with E-state index in [9.17, 15) is 13.2 Å². The summed E-state index contributed by atoms with van der Waals surface area (Å²) in [6.07, 6.45) is 1.21. The van der Waals surface area contributed by atoms with Gasteiger partial charge in [-0.1, -0.05) is 12.1 Å². The molecule has 1 N–H and O–H groups in total. The first-order chi connectivity index (χ1) is 16.5. The molecule has 174 valence electrons. The second kappa shape index (κ2) is 8.10. The Labute approximate surface area is 200 Å². The van der Waals surface area contributed by atoms with Crippen molar-refractivity contribution in [1.82, 2.24) is 9.88 Å². The molecule has 0 spiro atoms. The third-order valence-electron chi connectivity index (χ3n) is 6.18. The number of rotatable bonds is 3. The number of hydrogen-bond donors (Lipinski definition) is 1. The Morgan fingerprint density at radius 1 is 1.09 bits per heavy atom. The number of nitrogens with zero attached hydrogens (tertiary/aromatic N) is 3. The van der Waals surface area contributed by atoms with Crippen molar-refractivity contribution in [1.29, 1.82) is 0 Å². The average Bonchev–Trinajstić information content (AvgIpc) is 3.57. The lowest BCUT2D eigenvalue weighted by Gasteiger charge is -2.32. The van der Waals surface area contributed by atoms with Crippen molar-refractivity contribution in [2.75, 3.05) is 25.2 Å². The highest BCUT2D eigenvalue weighted by Crippen LogP contribution is 2.37. The minimum Gasteiger partial charge on any atom is -0.454 e. The van der Waals surface area contributed by atoms with Gasteiger partial charge >= 0.3 is 0 Å². The van der Waals surface area contributed by atoms with Gasteiger partial charge in [0, 0.05) is 35.5 Å². The number of anilines is 1. The zero-order valence-electron chi connectivity index (χ0n) is 17.9. The van der Waals surface area contributed by atoms with Crippen LogP contribution >= 0.6 is 11.3 Å². The first kappa shape index (κ1) is 21.1. The van der Waals surface area contributed by atoms with Crippen LogP contribution in [0.25, 0.3) is 11.3 Å². The summed E-state index contributed by atoms with van der Waals surface area (Å²) in [5.74, 6) is 1.62. The molecular weight excluding hydrogens is 476 g/mol. The summed E-state index contributed by atoms with van der Waals surface area (Å²) >= 11 is 1.37. The predicted molar refractivity (Wildman–Crippen MR) is 127 cm³/mol. The SMILES string of the molecule is O=C(Nc1nc(-c2ccc3c(c2)OCO3)cs1)C1CCN(C2=NS(=O)(=O)c3ccccc32)CC1. The lowest BCUT2D eigenvalue weighted by atomic mass is 9.95. The smallest absolute Gasteiger partial charge is 0.285 e. The van der Waals surface area contributed by atoms with E-state index in [1.165, 1.54) is 11.3 Å². The van der Waals surface area contributed by atoms with Crippen LogP contribution in [-0.4, -0.2) is 49.9 Å². The minimum absolute atomic E-state index is 0.0763. The number of benzene rings is 2. The number of likely N-dealkylation sites (tertiary alicyclic amines) is 1. The van der Waals surface area contributed by atoms with Gasteiger partial charge in [-0.15, -0.1) is 15.7 Å². The van der Waals surface area contributed by atoms with Gasteiger partial charge in [-0.3, -0.25) is 4.79 Å². The van der Waals surface area contributed by atoms with E-state index in [2.05, 4.69) is 14.7 Å². The fourth-order valence-electron chi connectivity index (χ4n) is 4.40. The van der Waals surface area contributed by atoms with Crippen LogP contribution in [0.3, 0.4) is 0 Å². The molecule has 3 aliphatic rings. The summed E-state index contributed by atoms with van der Waals surface area (Å²) in [7, 11) is -3.65. The molecule has 0 atom stereocenters. The van der Waals surface area contributed by atoms with E-state index in [1.54, 1.807) is 24.3 Å². The van der Waals surface area contributed by atoms with Gasteiger partial charge in [0.1, 0.15) is 4.90 Å². The monoisotopic (exact) mass is 496 g/mol. The fourth-order valence-corrected chi connectivity index (χ4v) is 6.35. The van der Waals surface area contributed by atoms with E-state index in [0.717, 1.165) is 11.3 Å². The topological polar surface area (TPSA) is 110 Å². The van der Waals surface area contributed by atoms with Gasteiger partial charge in [-0.25, -0.2) is 4.98 Å². The van der Waals surface area contributed by atoms with Gasteiger partial charge in [0.15, 0.2) is 22.5 Å². The van der Waals surface area contributed by atoms with Gasteiger partial charge in [0.25, 0.3) is 10.0 Å². The minimum atomic E-state index is -3.65. The van der Waals surface area contributed by atoms with Crippen LogP contribution in [0.1, 0.15) is 18.4 Å². The van der Waals surface area contributed by atoms with Crippen molar-refractivity contribution < 1.29 is 22.7 Å². The van der Waals surface area contributed by atoms with Crippen LogP contribution in [0.2, 0.25) is 0 Å². The maximum Gasteiger partial charge on any atom is 0.285 e. The summed E-state index contributed by atoms with van der Waals surface area (Å²) in [4.78, 5) is 19.6. The third kappa shape index (κ3) is 3.70. The van der Waals surface area contributed by atoms with Gasteiger partial charge in [0.2, 0.25) is 12.7 Å². The number of sulfonamides is 1. The molecule has 34 heavy (non-hydrogen) atoms. The van der Waals surface area contributed by atoms with Crippen LogP contribution in [0.4, 0.5) is 5.13 Å². The summed E-state index contributed by atoms with van der Waals surface area (Å²) < 4.78 is 39.5. The third-order valence-corrected chi connectivity index (χ3v) is 8.26. The average molecular weight is 497 g/mol. The number of piperidine rings is 1. The molecule has 0 unspecified atom stereocenters. The van der Waals surface area contributed by atoms with Crippen molar-refractivity contribution >= 4 is 38.2 Å². The fraction of sp³-hybridized carbons (Fsp3) is 0.261. The molecule has 0 saturated carbocycles. The predicted octanol–water partition coefficient (Wildman–Crippen LogP) is 3.34. The molecule has 6 rings (SSSR count). The van der Waals surface area contributed by atoms with Crippen LogP contribution < -0.4 is 14.8 Å². The van der Waals surface area contributed by atoms with E-state index in [4.69, 9.17) is 9.47 Å². The number of aromatic nitrogens is 1. The number of fused-ring (bicyclic) bond motifs is 2. The Balaban J connectivity index is 1.10. The number of amidine groups is 1. The number of hydrogen-bond acceptors (Lipinski definition) is 8. The molecule has 0 radical (unpaired) electrons. The molecule has 1 aromatic heterocycles. The highest BCUT2D eigenvalue weighted by molar-refractivity contribution is 7.90. The summed E-state index contributed by atoms with van der Waals surface area (Å²) in [5, 5.41) is 5.37. The number of nitrogens with one attached hydrogen (secondary N) is 1. The van der Waals surface area contributed by atoms with E-state index < -0.39 is 10.0 Å². The normalized spacial score (nSPS) is 18.5. The second-order valence-electron chi connectivity index (χ2n) is 8.24. The first-order valence-electron chi connectivity index (χ1n) is 10.8. The Kier molecular flexibility index (Phi) is 5.03. The van der Waals surface area contributed by atoms with Gasteiger partial charge in [-0.05, 0) is 43.2 Å². The molecule has 0 aliphatic carbocycles. The Hall–Kier alpha value is -3.44. The van der Waals surface area contributed by atoms with E-state index in [0.29, 0.717) is 54.0 Å². The van der Waals surface area contributed by atoms with Crippen LogP contribution in [0.5, 0.6) is 11.5 Å². The number of carbonyl (C=O) groups excluding carboxylic acids is 1. The van der Waals surface area contributed by atoms with Gasteiger partial charge < -0.3 is 19.7 Å².